The minimum Gasteiger partial charge on any atom is -0.317 e. The van der Waals surface area contributed by atoms with Crippen molar-refractivity contribution in [1.82, 2.24) is 10.2 Å². The van der Waals surface area contributed by atoms with Crippen LogP contribution in [0, 0.1) is 5.41 Å². The molecule has 0 bridgehead atoms. The van der Waals surface area contributed by atoms with Gasteiger partial charge in [0.25, 0.3) is 0 Å². The largest absolute Gasteiger partial charge is 0.317 e. The number of nitrogens with one attached hydrogen (secondary N) is 1. The van der Waals surface area contributed by atoms with E-state index in [1.807, 2.05) is 0 Å². The summed E-state index contributed by atoms with van der Waals surface area (Å²) >= 11 is 0. The lowest BCUT2D eigenvalue weighted by molar-refractivity contribution is 0.0686. The molecule has 0 aromatic heterocycles. The van der Waals surface area contributed by atoms with Gasteiger partial charge in [-0.15, -0.1) is 0 Å². The lowest BCUT2D eigenvalue weighted by Gasteiger charge is -2.44. The van der Waals surface area contributed by atoms with Gasteiger partial charge in [-0.3, -0.25) is 0 Å². The summed E-state index contributed by atoms with van der Waals surface area (Å²) < 4.78 is 0. The van der Waals surface area contributed by atoms with Crippen LogP contribution in [0.2, 0.25) is 0 Å². The number of hydrogen-bond acceptors (Lipinski definition) is 2. The van der Waals surface area contributed by atoms with Crippen LogP contribution in [0.5, 0.6) is 0 Å². The maximum absolute atomic E-state index is 3.46. The molecule has 0 unspecified atom stereocenters. The molecule has 2 nitrogen and oxygen atoms in total. The van der Waals surface area contributed by atoms with Gasteiger partial charge in [-0.2, -0.15) is 0 Å². The Balaban J connectivity index is 1.88. The third-order valence-electron chi connectivity index (χ3n) is 3.92. The molecule has 0 spiro atoms. The smallest absolute Gasteiger partial charge is 0.00388 e. The van der Waals surface area contributed by atoms with Gasteiger partial charge in [0.1, 0.15) is 0 Å². The van der Waals surface area contributed by atoms with E-state index in [9.17, 15) is 0 Å². The molecule has 0 amide bonds. The van der Waals surface area contributed by atoms with E-state index in [0.29, 0.717) is 5.41 Å². The van der Waals surface area contributed by atoms with Crippen molar-refractivity contribution in [2.75, 3.05) is 32.7 Å². The summed E-state index contributed by atoms with van der Waals surface area (Å²) in [5.74, 6) is 0. The van der Waals surface area contributed by atoms with Gasteiger partial charge >= 0.3 is 0 Å². The Labute approximate surface area is 81.7 Å². The molecule has 76 valence electrons. The molecule has 2 rings (SSSR count). The van der Waals surface area contributed by atoms with Crippen LogP contribution in [0.3, 0.4) is 0 Å². The number of piperidine rings is 1. The normalized spacial score (nSPS) is 28.4. The van der Waals surface area contributed by atoms with E-state index < -0.39 is 0 Å². The topological polar surface area (TPSA) is 15.3 Å². The van der Waals surface area contributed by atoms with Gasteiger partial charge in [-0.25, -0.2) is 0 Å². The summed E-state index contributed by atoms with van der Waals surface area (Å²) in [4.78, 5) is 2.63. The summed E-state index contributed by atoms with van der Waals surface area (Å²) in [7, 11) is 0. The monoisotopic (exact) mass is 182 g/mol. The maximum atomic E-state index is 3.46. The van der Waals surface area contributed by atoms with Crippen molar-refractivity contribution < 1.29 is 0 Å². The number of nitrogens with zero attached hydrogens (tertiary/aromatic N) is 1. The first kappa shape index (κ1) is 9.47. The lowest BCUT2D eigenvalue weighted by atomic mass is 9.76. The van der Waals surface area contributed by atoms with Crippen LogP contribution in [-0.4, -0.2) is 37.6 Å². The average Bonchev–Trinajstić information content (AvgIpc) is 2.13. The Kier molecular flexibility index (Phi) is 2.89. The molecule has 13 heavy (non-hydrogen) atoms. The van der Waals surface area contributed by atoms with E-state index in [1.54, 1.807) is 0 Å². The van der Waals surface area contributed by atoms with E-state index in [4.69, 9.17) is 0 Å². The Morgan fingerprint density at radius 3 is 2.38 bits per heavy atom. The SMILES string of the molecule is CCC1(CN2CCC2)CCNCC1. The Hall–Kier alpha value is -0.0800. The first-order chi connectivity index (χ1) is 6.35. The molecule has 0 aliphatic carbocycles. The first-order valence-corrected chi connectivity index (χ1v) is 5.78. The molecule has 0 aromatic rings. The zero-order valence-electron chi connectivity index (χ0n) is 8.81. The second-order valence-electron chi connectivity index (χ2n) is 4.73. The Morgan fingerprint density at radius 1 is 1.23 bits per heavy atom. The van der Waals surface area contributed by atoms with Gasteiger partial charge in [0.15, 0.2) is 0 Å². The number of rotatable bonds is 3. The molecule has 2 fully saturated rings. The summed E-state index contributed by atoms with van der Waals surface area (Å²) in [6.07, 6.45) is 5.57. The van der Waals surface area contributed by atoms with Gasteiger partial charge in [0, 0.05) is 6.54 Å². The van der Waals surface area contributed by atoms with Gasteiger partial charge in [-0.05, 0) is 57.3 Å². The van der Waals surface area contributed by atoms with Crippen LogP contribution in [0.1, 0.15) is 32.6 Å². The molecular weight excluding hydrogens is 160 g/mol. The summed E-state index contributed by atoms with van der Waals surface area (Å²) in [6.45, 7) is 8.92. The van der Waals surface area contributed by atoms with Gasteiger partial charge in [0.2, 0.25) is 0 Å². The second-order valence-corrected chi connectivity index (χ2v) is 4.73. The third-order valence-corrected chi connectivity index (χ3v) is 3.92. The predicted octanol–water partition coefficient (Wildman–Crippen LogP) is 1.47. The molecule has 1 N–H and O–H groups in total. The summed E-state index contributed by atoms with van der Waals surface area (Å²) in [5.41, 5.74) is 0.658. The van der Waals surface area contributed by atoms with Crippen LogP contribution >= 0.6 is 0 Å². The quantitative estimate of drug-likeness (QED) is 0.711. The minimum atomic E-state index is 0.658. The van der Waals surface area contributed by atoms with Crippen LogP contribution in [0.25, 0.3) is 0 Å². The van der Waals surface area contributed by atoms with Crippen molar-refractivity contribution in [3.8, 4) is 0 Å². The molecule has 2 aliphatic heterocycles. The molecule has 2 heteroatoms. The van der Waals surface area contributed by atoms with Gasteiger partial charge in [-0.1, -0.05) is 6.92 Å². The standard InChI is InChI=1S/C11H22N2/c1-2-11(4-6-12-7-5-11)10-13-8-3-9-13/h12H,2-10H2,1H3. The molecule has 0 saturated carbocycles. The Bertz CT molecular complexity index is 157. The fourth-order valence-corrected chi connectivity index (χ4v) is 2.59. The maximum Gasteiger partial charge on any atom is 0.00388 e. The van der Waals surface area contributed by atoms with Crippen molar-refractivity contribution in [3.05, 3.63) is 0 Å². The second kappa shape index (κ2) is 3.97. The van der Waals surface area contributed by atoms with E-state index >= 15 is 0 Å². The Morgan fingerprint density at radius 2 is 1.92 bits per heavy atom. The number of hydrogen-bond donors (Lipinski definition) is 1. The molecule has 2 saturated heterocycles. The highest BCUT2D eigenvalue weighted by atomic mass is 15.2. The predicted molar refractivity (Wildman–Crippen MR) is 55.9 cm³/mol. The first-order valence-electron chi connectivity index (χ1n) is 5.78. The highest BCUT2D eigenvalue weighted by Crippen LogP contribution is 2.34. The van der Waals surface area contributed by atoms with Gasteiger partial charge < -0.3 is 10.2 Å². The molecular formula is C11H22N2. The number of likely N-dealkylation sites (tertiary alicyclic amines) is 1. The van der Waals surface area contributed by atoms with E-state index in [2.05, 4.69) is 17.1 Å². The molecule has 0 radical (unpaired) electrons. The summed E-state index contributed by atoms with van der Waals surface area (Å²) in [5, 5.41) is 3.46. The fourth-order valence-electron chi connectivity index (χ4n) is 2.59. The molecule has 0 atom stereocenters. The van der Waals surface area contributed by atoms with Crippen molar-refractivity contribution >= 4 is 0 Å². The average molecular weight is 182 g/mol. The minimum absolute atomic E-state index is 0.658. The van der Waals surface area contributed by atoms with Gasteiger partial charge in [0.05, 0.1) is 0 Å². The van der Waals surface area contributed by atoms with E-state index in [1.165, 1.54) is 58.4 Å². The van der Waals surface area contributed by atoms with Crippen molar-refractivity contribution in [2.45, 2.75) is 32.6 Å². The van der Waals surface area contributed by atoms with Crippen LogP contribution in [0.4, 0.5) is 0 Å². The molecule has 2 aliphatic rings. The van der Waals surface area contributed by atoms with E-state index in [-0.39, 0.29) is 0 Å². The fraction of sp³-hybridized carbons (Fsp3) is 1.00. The third kappa shape index (κ3) is 2.05. The van der Waals surface area contributed by atoms with E-state index in [0.717, 1.165) is 0 Å². The molecule has 0 aromatic carbocycles. The zero-order valence-corrected chi connectivity index (χ0v) is 8.81. The summed E-state index contributed by atoms with van der Waals surface area (Å²) in [6, 6.07) is 0. The zero-order chi connectivity index (χ0) is 9.15. The molecule has 2 heterocycles. The van der Waals surface area contributed by atoms with Crippen molar-refractivity contribution in [2.24, 2.45) is 5.41 Å². The highest BCUT2D eigenvalue weighted by Gasteiger charge is 2.33. The highest BCUT2D eigenvalue weighted by molar-refractivity contribution is 4.88. The lowest BCUT2D eigenvalue weighted by Crippen LogP contribution is -2.48. The van der Waals surface area contributed by atoms with Crippen LogP contribution in [-0.2, 0) is 0 Å². The van der Waals surface area contributed by atoms with Crippen LogP contribution < -0.4 is 5.32 Å². The van der Waals surface area contributed by atoms with Crippen LogP contribution in [0.15, 0.2) is 0 Å². The van der Waals surface area contributed by atoms with Crippen molar-refractivity contribution in [1.29, 1.82) is 0 Å². The van der Waals surface area contributed by atoms with Crippen molar-refractivity contribution in [3.63, 3.8) is 0 Å².